The molecular weight excluding hydrogens is 288 g/mol. The molecule has 0 aromatic heterocycles. The molecule has 1 aromatic rings. The molecule has 5 heteroatoms. The van der Waals surface area contributed by atoms with Crippen LogP contribution < -0.4 is 0 Å². The number of halogens is 2. The predicted octanol–water partition coefficient (Wildman–Crippen LogP) is 3.23. The molecule has 0 saturated heterocycles. The fourth-order valence-corrected chi connectivity index (χ4v) is 1.51. The van der Waals surface area contributed by atoms with Gasteiger partial charge in [0.05, 0.1) is 4.92 Å². The highest BCUT2D eigenvalue weighted by Crippen LogP contribution is 2.31. The first-order valence-corrected chi connectivity index (χ1v) is 4.85. The van der Waals surface area contributed by atoms with Crippen LogP contribution in [0.2, 0.25) is 0 Å². The molecule has 1 rings (SSSR count). The van der Waals surface area contributed by atoms with Gasteiger partial charge in [0.15, 0.2) is 0 Å². The van der Waals surface area contributed by atoms with Crippen LogP contribution in [0.1, 0.15) is 16.4 Å². The zero-order valence-corrected chi connectivity index (χ0v) is 8.99. The van der Waals surface area contributed by atoms with Gasteiger partial charge in [0.2, 0.25) is 0 Å². The normalized spacial score (nSPS) is 12.5. The predicted molar refractivity (Wildman–Crippen MR) is 55.5 cm³/mol. The van der Waals surface area contributed by atoms with E-state index in [1.807, 2.05) is 22.6 Å². The maximum absolute atomic E-state index is 12.7. The summed E-state index contributed by atoms with van der Waals surface area (Å²) < 4.78 is 12.7. The van der Waals surface area contributed by atoms with Crippen molar-refractivity contribution in [1.29, 1.82) is 0 Å². The van der Waals surface area contributed by atoms with Gasteiger partial charge in [0, 0.05) is 15.6 Å². The second-order valence-corrected chi connectivity index (χ2v) is 4.44. The van der Waals surface area contributed by atoms with Crippen molar-refractivity contribution in [3.63, 3.8) is 0 Å². The van der Waals surface area contributed by atoms with Gasteiger partial charge in [-0.2, -0.15) is 0 Å². The molecule has 0 fully saturated rings. The molecule has 0 spiro atoms. The van der Waals surface area contributed by atoms with Crippen LogP contribution in [-0.2, 0) is 0 Å². The molecule has 13 heavy (non-hydrogen) atoms. The number of alkyl halides is 1. The van der Waals surface area contributed by atoms with Crippen LogP contribution in [0.15, 0.2) is 18.2 Å². The van der Waals surface area contributed by atoms with Gasteiger partial charge in [-0.05, 0) is 19.1 Å². The molecule has 1 aromatic carbocycles. The first kappa shape index (κ1) is 10.4. The maximum atomic E-state index is 12.7. The minimum atomic E-state index is -0.496. The maximum Gasteiger partial charge on any atom is 0.273 e. The van der Waals surface area contributed by atoms with E-state index in [1.165, 1.54) is 12.1 Å². The Hall–Kier alpha value is -0.720. The Balaban J connectivity index is 3.26. The molecule has 0 saturated carbocycles. The summed E-state index contributed by atoms with van der Waals surface area (Å²) in [6.45, 7) is 1.78. The van der Waals surface area contributed by atoms with Crippen LogP contribution in [0.4, 0.5) is 10.1 Å². The van der Waals surface area contributed by atoms with Gasteiger partial charge in [-0.15, -0.1) is 0 Å². The van der Waals surface area contributed by atoms with E-state index in [-0.39, 0.29) is 9.61 Å². The van der Waals surface area contributed by atoms with E-state index >= 15 is 0 Å². The summed E-state index contributed by atoms with van der Waals surface area (Å²) in [6.07, 6.45) is 0. The molecule has 0 N–H and O–H groups in total. The molecule has 0 aliphatic heterocycles. The van der Waals surface area contributed by atoms with Crippen molar-refractivity contribution < 1.29 is 9.31 Å². The van der Waals surface area contributed by atoms with E-state index in [4.69, 9.17) is 0 Å². The zero-order valence-electron chi connectivity index (χ0n) is 6.83. The Morgan fingerprint density at radius 2 is 2.23 bits per heavy atom. The second-order valence-electron chi connectivity index (χ2n) is 2.58. The topological polar surface area (TPSA) is 43.1 Å². The summed E-state index contributed by atoms with van der Waals surface area (Å²) in [7, 11) is 0. The molecule has 0 radical (unpaired) electrons. The lowest BCUT2D eigenvalue weighted by Crippen LogP contribution is -1.96. The van der Waals surface area contributed by atoms with Crippen LogP contribution in [0.5, 0.6) is 0 Å². The minimum Gasteiger partial charge on any atom is -0.258 e. The van der Waals surface area contributed by atoms with E-state index < -0.39 is 10.7 Å². The second kappa shape index (κ2) is 3.99. The largest absolute Gasteiger partial charge is 0.273 e. The van der Waals surface area contributed by atoms with E-state index in [1.54, 1.807) is 6.92 Å². The van der Waals surface area contributed by atoms with Gasteiger partial charge in [0.1, 0.15) is 5.82 Å². The summed E-state index contributed by atoms with van der Waals surface area (Å²) in [5.74, 6) is -0.441. The van der Waals surface area contributed by atoms with E-state index in [2.05, 4.69) is 0 Å². The van der Waals surface area contributed by atoms with Crippen molar-refractivity contribution in [2.45, 2.75) is 10.8 Å². The molecular formula is C8H7FINO2. The number of benzene rings is 1. The van der Waals surface area contributed by atoms with Gasteiger partial charge < -0.3 is 0 Å². The summed E-state index contributed by atoms with van der Waals surface area (Å²) in [5, 5.41) is 10.5. The fraction of sp³-hybridized carbons (Fsp3) is 0.250. The Labute approximate surface area is 88.2 Å². The molecule has 0 unspecified atom stereocenters. The highest BCUT2D eigenvalue weighted by Gasteiger charge is 2.17. The Kier molecular flexibility index (Phi) is 3.18. The number of nitrogens with zero attached hydrogens (tertiary/aromatic N) is 1. The van der Waals surface area contributed by atoms with Crippen LogP contribution in [0.25, 0.3) is 0 Å². The molecule has 3 nitrogen and oxygen atoms in total. The van der Waals surface area contributed by atoms with E-state index in [9.17, 15) is 14.5 Å². The number of rotatable bonds is 2. The third kappa shape index (κ3) is 2.36. The summed E-state index contributed by atoms with van der Waals surface area (Å²) in [6, 6.07) is 3.50. The van der Waals surface area contributed by atoms with Gasteiger partial charge in [0.25, 0.3) is 5.69 Å². The lowest BCUT2D eigenvalue weighted by atomic mass is 10.1. The molecule has 0 aliphatic rings. The molecule has 70 valence electrons. The Morgan fingerprint density at radius 1 is 1.62 bits per heavy atom. The third-order valence-corrected chi connectivity index (χ3v) is 2.29. The summed E-state index contributed by atoms with van der Waals surface area (Å²) >= 11 is 2.01. The van der Waals surface area contributed by atoms with E-state index in [0.717, 1.165) is 6.07 Å². The number of hydrogen-bond acceptors (Lipinski definition) is 2. The highest BCUT2D eigenvalue weighted by molar-refractivity contribution is 14.1. The molecule has 0 bridgehead atoms. The molecule has 0 amide bonds. The quantitative estimate of drug-likeness (QED) is 0.364. The SMILES string of the molecule is C[C@@H](I)c1cc(F)ccc1[N+](=O)[O-]. The van der Waals surface area contributed by atoms with Crippen molar-refractivity contribution in [2.75, 3.05) is 0 Å². The van der Waals surface area contributed by atoms with Crippen molar-refractivity contribution >= 4 is 28.3 Å². The zero-order chi connectivity index (χ0) is 10.0. The van der Waals surface area contributed by atoms with Crippen molar-refractivity contribution in [2.24, 2.45) is 0 Å². The smallest absolute Gasteiger partial charge is 0.258 e. The first-order valence-electron chi connectivity index (χ1n) is 3.60. The monoisotopic (exact) mass is 295 g/mol. The van der Waals surface area contributed by atoms with Crippen molar-refractivity contribution in [3.8, 4) is 0 Å². The average molecular weight is 295 g/mol. The van der Waals surface area contributed by atoms with Gasteiger partial charge in [-0.1, -0.05) is 22.6 Å². The number of nitro benzene ring substituents is 1. The lowest BCUT2D eigenvalue weighted by Gasteiger charge is -2.04. The van der Waals surface area contributed by atoms with Crippen molar-refractivity contribution in [3.05, 3.63) is 39.7 Å². The van der Waals surface area contributed by atoms with Crippen LogP contribution in [0, 0.1) is 15.9 Å². The number of hydrogen-bond donors (Lipinski definition) is 0. The van der Waals surface area contributed by atoms with Crippen molar-refractivity contribution in [1.82, 2.24) is 0 Å². The first-order chi connectivity index (χ1) is 6.02. The average Bonchev–Trinajstić information content (AvgIpc) is 2.03. The van der Waals surface area contributed by atoms with Crippen LogP contribution in [-0.4, -0.2) is 4.92 Å². The summed E-state index contributed by atoms with van der Waals surface area (Å²) in [4.78, 5) is 10.0. The van der Waals surface area contributed by atoms with Gasteiger partial charge >= 0.3 is 0 Å². The molecule has 0 aliphatic carbocycles. The van der Waals surface area contributed by atoms with Gasteiger partial charge in [-0.3, -0.25) is 10.1 Å². The minimum absolute atomic E-state index is 0.0247. The molecule has 0 heterocycles. The highest BCUT2D eigenvalue weighted by atomic mass is 127. The standard InChI is InChI=1S/C8H7FINO2/c1-5(10)7-4-6(9)2-3-8(7)11(12)13/h2-5H,1H3/t5-/m1/s1. The van der Waals surface area contributed by atoms with Crippen LogP contribution >= 0.6 is 22.6 Å². The Morgan fingerprint density at radius 3 is 2.69 bits per heavy atom. The third-order valence-electron chi connectivity index (χ3n) is 1.61. The van der Waals surface area contributed by atoms with Crippen LogP contribution in [0.3, 0.4) is 0 Å². The Bertz CT molecular complexity index is 341. The number of nitro groups is 1. The lowest BCUT2D eigenvalue weighted by molar-refractivity contribution is -0.385. The van der Waals surface area contributed by atoms with E-state index in [0.29, 0.717) is 5.56 Å². The fourth-order valence-electron chi connectivity index (χ4n) is 1.01. The van der Waals surface area contributed by atoms with Gasteiger partial charge in [-0.25, -0.2) is 4.39 Å². The molecule has 1 atom stereocenters. The summed E-state index contributed by atoms with van der Waals surface area (Å²) in [5.41, 5.74) is 0.397.